The maximum atomic E-state index is 11.7. The molecule has 5 nitrogen and oxygen atoms in total. The highest BCUT2D eigenvalue weighted by Crippen LogP contribution is 2.15. The molecular weight excluding hydrogens is 366 g/mol. The molecular formula is C15H16BrN3O2S. The van der Waals surface area contributed by atoms with E-state index in [1.54, 1.807) is 11.3 Å². The molecule has 22 heavy (non-hydrogen) atoms. The second kappa shape index (κ2) is 8.55. The second-order valence-corrected chi connectivity index (χ2v) is 6.45. The van der Waals surface area contributed by atoms with E-state index in [0.29, 0.717) is 6.54 Å². The van der Waals surface area contributed by atoms with Crippen LogP contribution >= 0.6 is 27.3 Å². The Bertz CT molecular complexity index is 631. The Morgan fingerprint density at radius 3 is 2.77 bits per heavy atom. The van der Waals surface area contributed by atoms with Crippen molar-refractivity contribution in [2.24, 2.45) is 0 Å². The van der Waals surface area contributed by atoms with Crippen LogP contribution in [0.5, 0.6) is 0 Å². The molecule has 0 aliphatic carbocycles. The zero-order valence-electron chi connectivity index (χ0n) is 11.8. The summed E-state index contributed by atoms with van der Waals surface area (Å²) >= 11 is 4.99. The van der Waals surface area contributed by atoms with Crippen molar-refractivity contribution in [1.82, 2.24) is 10.6 Å². The monoisotopic (exact) mass is 381 g/mol. The molecule has 0 aliphatic rings. The van der Waals surface area contributed by atoms with Gasteiger partial charge in [0, 0.05) is 21.6 Å². The van der Waals surface area contributed by atoms with Crippen LogP contribution in [0.15, 0.2) is 46.3 Å². The van der Waals surface area contributed by atoms with Gasteiger partial charge < -0.3 is 10.6 Å². The molecule has 0 spiro atoms. The van der Waals surface area contributed by atoms with Gasteiger partial charge in [0.2, 0.25) is 5.91 Å². The quantitative estimate of drug-likeness (QED) is 0.720. The van der Waals surface area contributed by atoms with Gasteiger partial charge in [-0.25, -0.2) is 4.79 Å². The molecule has 0 radical (unpaired) electrons. The maximum Gasteiger partial charge on any atom is 0.321 e. The molecule has 0 fully saturated rings. The molecule has 3 N–H and O–H groups in total. The predicted molar refractivity (Wildman–Crippen MR) is 92.2 cm³/mol. The first-order valence-electron chi connectivity index (χ1n) is 6.73. The lowest BCUT2D eigenvalue weighted by molar-refractivity contribution is -0.118. The third-order valence-corrected chi connectivity index (χ3v) is 4.20. The fourth-order valence-electron chi connectivity index (χ4n) is 1.75. The van der Waals surface area contributed by atoms with Gasteiger partial charge in [0.15, 0.2) is 0 Å². The molecule has 116 valence electrons. The molecule has 1 aromatic carbocycles. The Kier molecular flexibility index (Phi) is 6.42. The van der Waals surface area contributed by atoms with Gasteiger partial charge in [-0.1, -0.05) is 28.1 Å². The highest BCUT2D eigenvalue weighted by Gasteiger charge is 2.07. The molecule has 2 rings (SSSR count). The van der Waals surface area contributed by atoms with E-state index in [4.69, 9.17) is 0 Å². The van der Waals surface area contributed by atoms with Crippen LogP contribution in [-0.2, 0) is 11.2 Å². The Morgan fingerprint density at radius 2 is 2.05 bits per heavy atom. The maximum absolute atomic E-state index is 11.7. The Labute approximate surface area is 141 Å². The van der Waals surface area contributed by atoms with Crippen molar-refractivity contribution < 1.29 is 9.59 Å². The normalized spacial score (nSPS) is 10.0. The minimum atomic E-state index is -0.474. The molecule has 0 bridgehead atoms. The van der Waals surface area contributed by atoms with Gasteiger partial charge in [0.1, 0.15) is 0 Å². The first-order valence-corrected chi connectivity index (χ1v) is 8.40. The molecule has 0 saturated heterocycles. The fraction of sp³-hybridized carbons (Fsp3) is 0.200. The summed E-state index contributed by atoms with van der Waals surface area (Å²) in [5.41, 5.74) is 0.808. The minimum absolute atomic E-state index is 0.0365. The summed E-state index contributed by atoms with van der Waals surface area (Å²) in [5.74, 6) is -0.381. The van der Waals surface area contributed by atoms with Crippen molar-refractivity contribution in [3.8, 4) is 0 Å². The third-order valence-electron chi connectivity index (χ3n) is 2.77. The number of urea groups is 1. The molecule has 7 heteroatoms. The van der Waals surface area contributed by atoms with E-state index < -0.39 is 6.03 Å². The van der Waals surface area contributed by atoms with Crippen LogP contribution < -0.4 is 16.0 Å². The van der Waals surface area contributed by atoms with E-state index in [-0.39, 0.29) is 12.5 Å². The average molecular weight is 382 g/mol. The van der Waals surface area contributed by atoms with Gasteiger partial charge in [-0.2, -0.15) is 0 Å². The molecule has 1 heterocycles. The van der Waals surface area contributed by atoms with Crippen LogP contribution in [-0.4, -0.2) is 25.0 Å². The van der Waals surface area contributed by atoms with Gasteiger partial charge in [-0.3, -0.25) is 10.1 Å². The van der Waals surface area contributed by atoms with Crippen LogP contribution in [0.3, 0.4) is 0 Å². The molecule has 0 saturated carbocycles. The minimum Gasteiger partial charge on any atom is -0.376 e. The van der Waals surface area contributed by atoms with Crippen molar-refractivity contribution >= 4 is 44.9 Å². The van der Waals surface area contributed by atoms with Crippen LogP contribution in [0.25, 0.3) is 0 Å². The number of nitrogens with one attached hydrogen (secondary N) is 3. The van der Waals surface area contributed by atoms with E-state index >= 15 is 0 Å². The molecule has 0 atom stereocenters. The summed E-state index contributed by atoms with van der Waals surface area (Å²) < 4.78 is 0.921. The van der Waals surface area contributed by atoms with E-state index in [2.05, 4.69) is 31.9 Å². The van der Waals surface area contributed by atoms with Crippen molar-refractivity contribution in [2.75, 3.05) is 18.4 Å². The first kappa shape index (κ1) is 16.5. The molecule has 2 aromatic rings. The van der Waals surface area contributed by atoms with Gasteiger partial charge in [-0.15, -0.1) is 11.3 Å². The molecule has 0 aliphatic heterocycles. The highest BCUT2D eigenvalue weighted by molar-refractivity contribution is 9.10. The summed E-state index contributed by atoms with van der Waals surface area (Å²) in [6.07, 6.45) is 0.759. The molecule has 0 unspecified atom stereocenters. The predicted octanol–water partition coefficient (Wildman–Crippen LogP) is 2.99. The summed E-state index contributed by atoms with van der Waals surface area (Å²) in [4.78, 5) is 24.4. The smallest absolute Gasteiger partial charge is 0.321 e. The summed E-state index contributed by atoms with van der Waals surface area (Å²) in [5, 5.41) is 9.89. The number of hydrogen-bond acceptors (Lipinski definition) is 4. The topological polar surface area (TPSA) is 70.2 Å². The number of carbonyl (C=O) groups is 2. The third kappa shape index (κ3) is 5.87. The number of anilines is 1. The summed E-state index contributed by atoms with van der Waals surface area (Å²) in [6.45, 7) is 0.535. The Balaban J connectivity index is 1.64. The van der Waals surface area contributed by atoms with Gasteiger partial charge >= 0.3 is 6.03 Å². The second-order valence-electron chi connectivity index (χ2n) is 4.50. The lowest BCUT2D eigenvalue weighted by Gasteiger charge is -2.08. The lowest BCUT2D eigenvalue weighted by atomic mass is 10.3. The van der Waals surface area contributed by atoms with E-state index in [1.165, 1.54) is 4.88 Å². The fourth-order valence-corrected chi connectivity index (χ4v) is 2.86. The van der Waals surface area contributed by atoms with Crippen LogP contribution in [0, 0.1) is 0 Å². The molecule has 1 aromatic heterocycles. The molecule has 3 amide bonds. The van der Waals surface area contributed by atoms with Crippen molar-refractivity contribution in [1.29, 1.82) is 0 Å². The number of amides is 3. The number of rotatable bonds is 6. The number of halogens is 1. The average Bonchev–Trinajstić information content (AvgIpc) is 2.98. The van der Waals surface area contributed by atoms with Crippen LogP contribution in [0.4, 0.5) is 10.5 Å². The summed E-state index contributed by atoms with van der Waals surface area (Å²) in [7, 11) is 0. The SMILES string of the molecule is O=C(CNc1cccc(Br)c1)NC(=O)NCCc1cccs1. The van der Waals surface area contributed by atoms with Crippen molar-refractivity contribution in [3.05, 3.63) is 51.1 Å². The highest BCUT2D eigenvalue weighted by atomic mass is 79.9. The van der Waals surface area contributed by atoms with E-state index in [1.807, 2.05) is 41.8 Å². The van der Waals surface area contributed by atoms with Gasteiger partial charge in [-0.05, 0) is 36.1 Å². The van der Waals surface area contributed by atoms with Crippen LogP contribution in [0.2, 0.25) is 0 Å². The Hall–Kier alpha value is -1.86. The van der Waals surface area contributed by atoms with Crippen molar-refractivity contribution in [3.63, 3.8) is 0 Å². The number of carbonyl (C=O) groups excluding carboxylic acids is 2. The summed E-state index contributed by atoms with van der Waals surface area (Å²) in [6, 6.07) is 11.0. The number of benzene rings is 1. The number of thiophene rings is 1. The van der Waals surface area contributed by atoms with Gasteiger partial charge in [0.05, 0.1) is 6.54 Å². The zero-order chi connectivity index (χ0) is 15.8. The standard InChI is InChI=1S/C15H16BrN3O2S/c16-11-3-1-4-12(9-11)18-10-14(20)19-15(21)17-7-6-13-5-2-8-22-13/h1-5,8-9,18H,6-7,10H2,(H2,17,19,20,21). The number of hydrogen-bond donors (Lipinski definition) is 3. The van der Waals surface area contributed by atoms with Crippen LogP contribution in [0.1, 0.15) is 4.88 Å². The van der Waals surface area contributed by atoms with E-state index in [9.17, 15) is 9.59 Å². The van der Waals surface area contributed by atoms with E-state index in [0.717, 1.165) is 16.6 Å². The number of imide groups is 1. The zero-order valence-corrected chi connectivity index (χ0v) is 14.2. The first-order chi connectivity index (χ1) is 10.6. The largest absolute Gasteiger partial charge is 0.376 e. The van der Waals surface area contributed by atoms with Gasteiger partial charge in [0.25, 0.3) is 0 Å². The van der Waals surface area contributed by atoms with Crippen molar-refractivity contribution in [2.45, 2.75) is 6.42 Å². The lowest BCUT2D eigenvalue weighted by Crippen LogP contribution is -2.42. The Morgan fingerprint density at radius 1 is 1.18 bits per heavy atom.